The monoisotopic (exact) mass is 224 g/mol. The van der Waals surface area contributed by atoms with Gasteiger partial charge in [0.1, 0.15) is 0 Å². The van der Waals surface area contributed by atoms with Crippen LogP contribution in [0.1, 0.15) is 40.5 Å². The minimum Gasteiger partial charge on any atom is -0.462 e. The molecular weight excluding hydrogens is 204 g/mol. The molecule has 0 bridgehead atoms. The van der Waals surface area contributed by atoms with E-state index in [1.54, 1.807) is 13.0 Å². The van der Waals surface area contributed by atoms with Gasteiger partial charge in [-0.2, -0.15) is 0 Å². The van der Waals surface area contributed by atoms with E-state index in [-0.39, 0.29) is 22.7 Å². The van der Waals surface area contributed by atoms with E-state index in [9.17, 15) is 9.59 Å². The number of ketones is 1. The molecule has 0 aromatic heterocycles. The molecule has 1 rings (SSSR count). The second-order valence-corrected chi connectivity index (χ2v) is 5.24. The van der Waals surface area contributed by atoms with Crippen LogP contribution in [-0.2, 0) is 14.3 Å². The van der Waals surface area contributed by atoms with Crippen molar-refractivity contribution >= 4 is 11.8 Å². The molecule has 1 atom stereocenters. The van der Waals surface area contributed by atoms with Gasteiger partial charge in [-0.1, -0.05) is 26.8 Å². The SMILES string of the molecule is CCOC(=O)C1=CC(C(C)(C)C)CCC1=O. The summed E-state index contributed by atoms with van der Waals surface area (Å²) < 4.78 is 4.88. The molecule has 3 heteroatoms. The Hall–Kier alpha value is -1.12. The highest BCUT2D eigenvalue weighted by Gasteiger charge is 2.31. The summed E-state index contributed by atoms with van der Waals surface area (Å²) in [6, 6.07) is 0. The Bertz CT molecular complexity index is 321. The highest BCUT2D eigenvalue weighted by Crippen LogP contribution is 2.35. The first-order chi connectivity index (χ1) is 7.36. The van der Waals surface area contributed by atoms with E-state index in [4.69, 9.17) is 4.74 Å². The summed E-state index contributed by atoms with van der Waals surface area (Å²) in [5.41, 5.74) is 0.325. The summed E-state index contributed by atoms with van der Waals surface area (Å²) in [6.07, 6.45) is 3.07. The maximum Gasteiger partial charge on any atom is 0.341 e. The van der Waals surface area contributed by atoms with Gasteiger partial charge in [0.25, 0.3) is 0 Å². The normalized spacial score (nSPS) is 21.6. The Morgan fingerprint density at radius 2 is 2.12 bits per heavy atom. The van der Waals surface area contributed by atoms with Crippen LogP contribution in [0.5, 0.6) is 0 Å². The van der Waals surface area contributed by atoms with Gasteiger partial charge in [0.2, 0.25) is 0 Å². The predicted molar refractivity (Wildman–Crippen MR) is 61.9 cm³/mol. The average Bonchev–Trinajstić information content (AvgIpc) is 2.16. The summed E-state index contributed by atoms with van der Waals surface area (Å²) in [6.45, 7) is 8.41. The smallest absolute Gasteiger partial charge is 0.341 e. The van der Waals surface area contributed by atoms with E-state index in [0.717, 1.165) is 6.42 Å². The van der Waals surface area contributed by atoms with Crippen LogP contribution in [0.2, 0.25) is 0 Å². The second-order valence-electron chi connectivity index (χ2n) is 5.24. The first kappa shape index (κ1) is 12.9. The number of hydrogen-bond donors (Lipinski definition) is 0. The third-order valence-electron chi connectivity index (χ3n) is 2.96. The summed E-state index contributed by atoms with van der Waals surface area (Å²) in [5, 5.41) is 0. The zero-order valence-electron chi connectivity index (χ0n) is 10.5. The van der Waals surface area contributed by atoms with Crippen LogP contribution in [-0.4, -0.2) is 18.4 Å². The van der Waals surface area contributed by atoms with E-state index in [1.807, 2.05) is 0 Å². The first-order valence-electron chi connectivity index (χ1n) is 5.78. The lowest BCUT2D eigenvalue weighted by atomic mass is 9.74. The predicted octanol–water partition coefficient (Wildman–Crippen LogP) is 2.50. The molecule has 1 aliphatic rings. The van der Waals surface area contributed by atoms with Crippen molar-refractivity contribution in [2.24, 2.45) is 11.3 Å². The second kappa shape index (κ2) is 4.81. The van der Waals surface area contributed by atoms with E-state index >= 15 is 0 Å². The third kappa shape index (κ3) is 2.94. The van der Waals surface area contributed by atoms with Gasteiger partial charge in [0, 0.05) is 6.42 Å². The van der Waals surface area contributed by atoms with Gasteiger partial charge in [0.15, 0.2) is 5.78 Å². The molecule has 0 aromatic rings. The van der Waals surface area contributed by atoms with Gasteiger partial charge >= 0.3 is 5.97 Å². The van der Waals surface area contributed by atoms with E-state index < -0.39 is 5.97 Å². The molecule has 1 aliphatic carbocycles. The molecule has 0 aliphatic heterocycles. The van der Waals surface area contributed by atoms with Gasteiger partial charge in [-0.15, -0.1) is 0 Å². The topological polar surface area (TPSA) is 43.4 Å². The van der Waals surface area contributed by atoms with Crippen molar-refractivity contribution in [2.45, 2.75) is 40.5 Å². The standard InChI is InChI=1S/C13H20O3/c1-5-16-12(15)10-8-9(13(2,3)4)6-7-11(10)14/h8-9H,5-7H2,1-4H3. The van der Waals surface area contributed by atoms with Crippen molar-refractivity contribution in [2.75, 3.05) is 6.61 Å². The van der Waals surface area contributed by atoms with E-state index in [2.05, 4.69) is 20.8 Å². The maximum absolute atomic E-state index is 11.6. The number of carbonyl (C=O) groups is 2. The Kier molecular flexibility index (Phi) is 3.89. The number of carbonyl (C=O) groups excluding carboxylic acids is 2. The number of hydrogen-bond acceptors (Lipinski definition) is 3. The zero-order valence-corrected chi connectivity index (χ0v) is 10.5. The highest BCUT2D eigenvalue weighted by atomic mass is 16.5. The van der Waals surface area contributed by atoms with Gasteiger partial charge in [-0.25, -0.2) is 4.79 Å². The van der Waals surface area contributed by atoms with Crippen LogP contribution in [0.3, 0.4) is 0 Å². The molecule has 1 unspecified atom stereocenters. The minimum absolute atomic E-state index is 0.0818. The Balaban J connectivity index is 2.91. The van der Waals surface area contributed by atoms with Crippen molar-refractivity contribution < 1.29 is 14.3 Å². The Morgan fingerprint density at radius 3 is 2.62 bits per heavy atom. The number of ether oxygens (including phenoxy) is 1. The molecule has 0 saturated heterocycles. The molecule has 0 fully saturated rings. The molecule has 0 saturated carbocycles. The molecular formula is C13H20O3. The number of allylic oxidation sites excluding steroid dienone is 1. The Labute approximate surface area is 96.9 Å². The van der Waals surface area contributed by atoms with Crippen molar-refractivity contribution in [1.82, 2.24) is 0 Å². The Morgan fingerprint density at radius 1 is 1.50 bits per heavy atom. The van der Waals surface area contributed by atoms with Crippen molar-refractivity contribution in [1.29, 1.82) is 0 Å². The van der Waals surface area contributed by atoms with Crippen molar-refractivity contribution in [3.63, 3.8) is 0 Å². The molecule has 0 spiro atoms. The summed E-state index contributed by atoms with van der Waals surface area (Å²) in [5.74, 6) is -0.287. The van der Waals surface area contributed by atoms with Gasteiger partial charge in [-0.05, 0) is 24.7 Å². The summed E-state index contributed by atoms with van der Waals surface area (Å²) >= 11 is 0. The van der Waals surface area contributed by atoms with Crippen LogP contribution >= 0.6 is 0 Å². The molecule has 0 radical (unpaired) electrons. The van der Waals surface area contributed by atoms with Crippen molar-refractivity contribution in [3.8, 4) is 0 Å². The van der Waals surface area contributed by atoms with E-state index in [1.165, 1.54) is 0 Å². The molecule has 0 N–H and O–H groups in total. The summed E-state index contributed by atoms with van der Waals surface area (Å²) in [7, 11) is 0. The van der Waals surface area contributed by atoms with Gasteiger partial charge in [0.05, 0.1) is 12.2 Å². The lowest BCUT2D eigenvalue weighted by molar-refractivity contribution is -0.140. The zero-order chi connectivity index (χ0) is 12.3. The van der Waals surface area contributed by atoms with Gasteiger partial charge < -0.3 is 4.74 Å². The molecule has 0 heterocycles. The van der Waals surface area contributed by atoms with Crippen LogP contribution in [0.25, 0.3) is 0 Å². The van der Waals surface area contributed by atoms with Crippen LogP contribution in [0, 0.1) is 11.3 Å². The fraction of sp³-hybridized carbons (Fsp3) is 0.692. The lowest BCUT2D eigenvalue weighted by Gasteiger charge is -2.31. The number of rotatable bonds is 2. The van der Waals surface area contributed by atoms with Crippen LogP contribution < -0.4 is 0 Å². The average molecular weight is 224 g/mol. The molecule has 0 aromatic carbocycles. The lowest BCUT2D eigenvalue weighted by Crippen LogP contribution is -2.27. The minimum atomic E-state index is -0.471. The largest absolute Gasteiger partial charge is 0.462 e. The maximum atomic E-state index is 11.6. The molecule has 3 nitrogen and oxygen atoms in total. The quantitative estimate of drug-likeness (QED) is 0.534. The first-order valence-corrected chi connectivity index (χ1v) is 5.78. The molecule has 90 valence electrons. The van der Waals surface area contributed by atoms with Gasteiger partial charge in [-0.3, -0.25) is 4.79 Å². The molecule has 0 amide bonds. The number of esters is 1. The summed E-state index contributed by atoms with van der Waals surface area (Å²) in [4.78, 5) is 23.2. The highest BCUT2D eigenvalue weighted by molar-refractivity contribution is 6.17. The fourth-order valence-corrected chi connectivity index (χ4v) is 1.87. The fourth-order valence-electron chi connectivity index (χ4n) is 1.87. The molecule has 16 heavy (non-hydrogen) atoms. The number of Topliss-reactive ketones (excluding diaryl/α,β-unsaturated/α-hetero) is 1. The van der Waals surface area contributed by atoms with Crippen molar-refractivity contribution in [3.05, 3.63) is 11.6 Å². The van der Waals surface area contributed by atoms with Crippen LogP contribution in [0.4, 0.5) is 0 Å². The third-order valence-corrected chi connectivity index (χ3v) is 2.96. The van der Waals surface area contributed by atoms with E-state index in [0.29, 0.717) is 13.0 Å². The van der Waals surface area contributed by atoms with Crippen LogP contribution in [0.15, 0.2) is 11.6 Å².